The molecule has 0 saturated carbocycles. The first-order valence-corrected chi connectivity index (χ1v) is 11.2. The van der Waals surface area contributed by atoms with Gasteiger partial charge in [0.2, 0.25) is 0 Å². The molecule has 0 bridgehead atoms. The maximum atomic E-state index is 14.9. The summed E-state index contributed by atoms with van der Waals surface area (Å²) in [7, 11) is 0. The monoisotopic (exact) mass is 448 g/mol. The van der Waals surface area contributed by atoms with Gasteiger partial charge in [-0.3, -0.25) is 0 Å². The lowest BCUT2D eigenvalue weighted by molar-refractivity contribution is -0.00528. The minimum Gasteiger partial charge on any atom is -0.373 e. The number of aryl methyl sites for hydroxylation is 1. The number of benzene rings is 3. The molecule has 2 atom stereocenters. The fourth-order valence-electron chi connectivity index (χ4n) is 4.28. The van der Waals surface area contributed by atoms with E-state index in [0.717, 1.165) is 18.4 Å². The number of hydrogen-bond acceptors (Lipinski definition) is 1. The van der Waals surface area contributed by atoms with Gasteiger partial charge in [0.15, 0.2) is 11.6 Å². The van der Waals surface area contributed by atoms with E-state index in [1.165, 1.54) is 6.07 Å². The molecule has 1 saturated heterocycles. The Morgan fingerprint density at radius 2 is 1.55 bits per heavy atom. The van der Waals surface area contributed by atoms with Gasteiger partial charge in [-0.25, -0.2) is 13.2 Å². The number of ether oxygens (including phenoxy) is 1. The van der Waals surface area contributed by atoms with Gasteiger partial charge < -0.3 is 4.74 Å². The molecule has 0 radical (unpaired) electrons. The number of rotatable bonds is 7. The van der Waals surface area contributed by atoms with Crippen LogP contribution >= 0.6 is 0 Å². The second kappa shape index (κ2) is 10.2. The maximum Gasteiger partial charge on any atom is 0.166 e. The lowest BCUT2D eigenvalue weighted by Crippen LogP contribution is -2.19. The lowest BCUT2D eigenvalue weighted by Gasteiger charge is -2.27. The quantitative estimate of drug-likeness (QED) is 0.331. The molecule has 0 aromatic heterocycles. The molecule has 2 unspecified atom stereocenters. The molecule has 170 valence electrons. The van der Waals surface area contributed by atoms with Crippen LogP contribution in [-0.4, -0.2) is 6.61 Å². The second-order valence-corrected chi connectivity index (χ2v) is 8.44. The Bertz CT molecular complexity index is 1140. The first kappa shape index (κ1) is 23.1. The molecule has 1 fully saturated rings. The molecule has 1 heterocycles. The van der Waals surface area contributed by atoms with E-state index in [2.05, 4.69) is 13.2 Å². The molecule has 0 aliphatic carbocycles. The molecule has 3 aromatic carbocycles. The van der Waals surface area contributed by atoms with Crippen LogP contribution in [0.4, 0.5) is 13.2 Å². The Morgan fingerprint density at radius 1 is 0.848 bits per heavy atom. The van der Waals surface area contributed by atoms with Gasteiger partial charge in [0.25, 0.3) is 0 Å². The van der Waals surface area contributed by atoms with Crippen LogP contribution in [-0.2, 0) is 11.2 Å². The first-order valence-electron chi connectivity index (χ1n) is 11.2. The Balaban J connectivity index is 1.53. The minimum absolute atomic E-state index is 0.112. The molecule has 0 N–H and O–H groups in total. The van der Waals surface area contributed by atoms with Crippen LogP contribution in [0, 0.1) is 23.4 Å². The van der Waals surface area contributed by atoms with Gasteiger partial charge in [-0.2, -0.15) is 0 Å². The van der Waals surface area contributed by atoms with Crippen molar-refractivity contribution >= 4 is 0 Å². The largest absolute Gasteiger partial charge is 0.373 e. The third-order valence-electron chi connectivity index (χ3n) is 6.30. The molecule has 0 spiro atoms. The molecular formula is C29H27F3O. The Hall–Kier alpha value is -3.11. The smallest absolute Gasteiger partial charge is 0.166 e. The third-order valence-corrected chi connectivity index (χ3v) is 6.30. The Labute approximate surface area is 193 Å². The fourth-order valence-corrected chi connectivity index (χ4v) is 4.28. The average Bonchev–Trinajstić information content (AvgIpc) is 2.85. The van der Waals surface area contributed by atoms with E-state index in [4.69, 9.17) is 4.74 Å². The molecule has 3 aromatic rings. The van der Waals surface area contributed by atoms with Crippen LogP contribution in [0.15, 0.2) is 79.9 Å². The standard InChI is InChI=1S/C29H27F3O/c1-3-5-6-22-12-15-25(29(32)28(22)31)21-10-8-20(9-11-21)24-14-13-23(17-26(24)30)27-16-7-19(4-2)18-33-27/h3-4,8-15,17,19,27H,1-2,5-7,16,18H2. The van der Waals surface area contributed by atoms with Crippen molar-refractivity contribution in [1.82, 2.24) is 0 Å². The van der Waals surface area contributed by atoms with Crippen LogP contribution in [0.5, 0.6) is 0 Å². The van der Waals surface area contributed by atoms with Gasteiger partial charge in [0.1, 0.15) is 5.82 Å². The molecular weight excluding hydrogens is 421 g/mol. The highest BCUT2D eigenvalue weighted by atomic mass is 19.2. The Kier molecular flexibility index (Phi) is 7.14. The highest BCUT2D eigenvalue weighted by Crippen LogP contribution is 2.34. The summed E-state index contributed by atoms with van der Waals surface area (Å²) < 4.78 is 49.9. The summed E-state index contributed by atoms with van der Waals surface area (Å²) in [5.74, 6) is -1.68. The van der Waals surface area contributed by atoms with Crippen molar-refractivity contribution in [3.63, 3.8) is 0 Å². The normalized spacial score (nSPS) is 18.2. The van der Waals surface area contributed by atoms with E-state index in [-0.39, 0.29) is 17.5 Å². The number of halogens is 3. The van der Waals surface area contributed by atoms with Crippen LogP contribution < -0.4 is 0 Å². The lowest BCUT2D eigenvalue weighted by atomic mass is 9.93. The summed E-state index contributed by atoms with van der Waals surface area (Å²) in [6.07, 6.45) is 6.26. The van der Waals surface area contributed by atoms with Gasteiger partial charge in [-0.05, 0) is 54.0 Å². The highest BCUT2D eigenvalue weighted by molar-refractivity contribution is 5.71. The molecule has 33 heavy (non-hydrogen) atoms. The molecule has 1 nitrogen and oxygen atoms in total. The van der Waals surface area contributed by atoms with Gasteiger partial charge in [-0.15, -0.1) is 13.2 Å². The van der Waals surface area contributed by atoms with Crippen molar-refractivity contribution in [1.29, 1.82) is 0 Å². The van der Waals surface area contributed by atoms with Crippen molar-refractivity contribution in [3.8, 4) is 22.3 Å². The summed E-state index contributed by atoms with van der Waals surface area (Å²) in [6.45, 7) is 8.02. The van der Waals surface area contributed by atoms with E-state index in [0.29, 0.717) is 47.6 Å². The molecule has 4 heteroatoms. The van der Waals surface area contributed by atoms with Crippen molar-refractivity contribution in [2.75, 3.05) is 6.61 Å². The predicted octanol–water partition coefficient (Wildman–Crippen LogP) is 8.21. The van der Waals surface area contributed by atoms with E-state index >= 15 is 0 Å². The average molecular weight is 449 g/mol. The zero-order chi connectivity index (χ0) is 23.4. The summed E-state index contributed by atoms with van der Waals surface area (Å²) in [5, 5.41) is 0. The third kappa shape index (κ3) is 4.96. The minimum atomic E-state index is -0.869. The SMILES string of the molecule is C=CCCc1ccc(-c2ccc(-c3ccc(C4CCC(C=C)CO4)cc3F)cc2)c(F)c1F. The fraction of sp³-hybridized carbons (Fsp3) is 0.241. The summed E-state index contributed by atoms with van der Waals surface area (Å²) >= 11 is 0. The Morgan fingerprint density at radius 3 is 2.15 bits per heavy atom. The zero-order valence-electron chi connectivity index (χ0n) is 18.5. The van der Waals surface area contributed by atoms with E-state index in [1.54, 1.807) is 48.5 Å². The van der Waals surface area contributed by atoms with E-state index in [9.17, 15) is 13.2 Å². The van der Waals surface area contributed by atoms with Gasteiger partial charge >= 0.3 is 0 Å². The van der Waals surface area contributed by atoms with Crippen LogP contribution in [0.2, 0.25) is 0 Å². The number of hydrogen-bond donors (Lipinski definition) is 0. The zero-order valence-corrected chi connectivity index (χ0v) is 18.5. The molecule has 1 aliphatic heterocycles. The van der Waals surface area contributed by atoms with Gasteiger partial charge in [0.05, 0.1) is 12.7 Å². The summed E-state index contributed by atoms with van der Waals surface area (Å²) in [4.78, 5) is 0. The van der Waals surface area contributed by atoms with Gasteiger partial charge in [0, 0.05) is 17.0 Å². The van der Waals surface area contributed by atoms with Crippen molar-refractivity contribution < 1.29 is 17.9 Å². The van der Waals surface area contributed by atoms with Crippen molar-refractivity contribution in [2.45, 2.75) is 31.8 Å². The van der Waals surface area contributed by atoms with Crippen molar-refractivity contribution in [2.24, 2.45) is 5.92 Å². The van der Waals surface area contributed by atoms with Crippen LogP contribution in [0.3, 0.4) is 0 Å². The van der Waals surface area contributed by atoms with Crippen LogP contribution in [0.1, 0.15) is 36.5 Å². The maximum absolute atomic E-state index is 14.9. The molecule has 0 amide bonds. The summed E-state index contributed by atoms with van der Waals surface area (Å²) in [5.41, 5.74) is 3.00. The van der Waals surface area contributed by atoms with Gasteiger partial charge in [-0.1, -0.05) is 60.7 Å². The van der Waals surface area contributed by atoms with Crippen molar-refractivity contribution in [3.05, 3.63) is 108 Å². The number of allylic oxidation sites excluding steroid dienone is 1. The topological polar surface area (TPSA) is 9.23 Å². The van der Waals surface area contributed by atoms with Crippen LogP contribution in [0.25, 0.3) is 22.3 Å². The first-order chi connectivity index (χ1) is 16.0. The molecule has 4 rings (SSSR count). The van der Waals surface area contributed by atoms with E-state index in [1.807, 2.05) is 12.1 Å². The predicted molar refractivity (Wildman–Crippen MR) is 127 cm³/mol. The second-order valence-electron chi connectivity index (χ2n) is 8.44. The highest BCUT2D eigenvalue weighted by Gasteiger charge is 2.22. The van der Waals surface area contributed by atoms with E-state index < -0.39 is 11.6 Å². The summed E-state index contributed by atoms with van der Waals surface area (Å²) in [6, 6.07) is 15.2. The molecule has 1 aliphatic rings.